The molecule has 2 heterocycles. The Kier molecular flexibility index (Phi) is 6.73. The van der Waals surface area contributed by atoms with Crippen LogP contribution in [-0.4, -0.2) is 59.8 Å². The number of rotatable bonds is 6. The molecule has 7 nitrogen and oxygen atoms in total. The molecular weight excluding hydrogens is 406 g/mol. The molecule has 0 aliphatic carbocycles. The third kappa shape index (κ3) is 4.77. The molecule has 3 amide bonds. The molecular formula is C25H29N3O4. The fourth-order valence-corrected chi connectivity index (χ4v) is 4.58. The van der Waals surface area contributed by atoms with Crippen LogP contribution in [0.1, 0.15) is 41.6 Å². The topological polar surface area (TPSA) is 79.0 Å². The standard InChI is InChI=1S/C25H29N3O4/c1-32-21-9-7-19(8-10-21)25(31)27-15-13-20(14-16-27)28-22(11-12-23(28)29)24(30)26-17-18-5-3-2-4-6-18/h2-10,20,22H,11-17H2,1H3,(H,26,30). The van der Waals surface area contributed by atoms with Crippen LogP contribution in [0, 0.1) is 0 Å². The summed E-state index contributed by atoms with van der Waals surface area (Å²) in [5, 5.41) is 2.98. The summed E-state index contributed by atoms with van der Waals surface area (Å²) in [5.41, 5.74) is 1.65. The van der Waals surface area contributed by atoms with E-state index in [-0.39, 0.29) is 23.8 Å². The van der Waals surface area contributed by atoms with Gasteiger partial charge in [-0.05, 0) is 49.1 Å². The van der Waals surface area contributed by atoms with Gasteiger partial charge in [-0.3, -0.25) is 14.4 Å². The predicted molar refractivity (Wildman–Crippen MR) is 120 cm³/mol. The van der Waals surface area contributed by atoms with Gasteiger partial charge in [0.05, 0.1) is 7.11 Å². The summed E-state index contributed by atoms with van der Waals surface area (Å²) in [6.07, 6.45) is 2.30. The van der Waals surface area contributed by atoms with Gasteiger partial charge in [-0.1, -0.05) is 30.3 Å². The van der Waals surface area contributed by atoms with E-state index in [9.17, 15) is 14.4 Å². The van der Waals surface area contributed by atoms with E-state index in [2.05, 4.69) is 5.32 Å². The van der Waals surface area contributed by atoms with E-state index in [0.717, 1.165) is 5.56 Å². The molecule has 0 saturated carbocycles. The number of nitrogens with zero attached hydrogens (tertiary/aromatic N) is 2. The van der Waals surface area contributed by atoms with Crippen molar-refractivity contribution >= 4 is 17.7 Å². The lowest BCUT2D eigenvalue weighted by Crippen LogP contribution is -2.53. The van der Waals surface area contributed by atoms with Gasteiger partial charge in [0.2, 0.25) is 11.8 Å². The van der Waals surface area contributed by atoms with Crippen LogP contribution in [0.25, 0.3) is 0 Å². The summed E-state index contributed by atoms with van der Waals surface area (Å²) >= 11 is 0. The minimum absolute atomic E-state index is 0.0163. The third-order valence-electron chi connectivity index (χ3n) is 6.35. The molecule has 0 radical (unpaired) electrons. The lowest BCUT2D eigenvalue weighted by Gasteiger charge is -2.39. The number of carbonyl (C=O) groups excluding carboxylic acids is 3. The first-order valence-corrected chi connectivity index (χ1v) is 11.1. The van der Waals surface area contributed by atoms with Gasteiger partial charge in [0, 0.05) is 37.7 Å². The van der Waals surface area contributed by atoms with Gasteiger partial charge in [-0.15, -0.1) is 0 Å². The summed E-state index contributed by atoms with van der Waals surface area (Å²) < 4.78 is 5.15. The quantitative estimate of drug-likeness (QED) is 0.757. The SMILES string of the molecule is COc1ccc(C(=O)N2CCC(N3C(=O)CCC3C(=O)NCc3ccccc3)CC2)cc1. The van der Waals surface area contributed by atoms with E-state index in [0.29, 0.717) is 56.6 Å². The maximum atomic E-state index is 12.8. The number of likely N-dealkylation sites (tertiary alicyclic amines) is 2. The van der Waals surface area contributed by atoms with Gasteiger partial charge in [-0.25, -0.2) is 0 Å². The van der Waals surface area contributed by atoms with Crippen molar-refractivity contribution in [1.29, 1.82) is 0 Å². The van der Waals surface area contributed by atoms with Crippen molar-refractivity contribution in [1.82, 2.24) is 15.1 Å². The van der Waals surface area contributed by atoms with E-state index in [1.807, 2.05) is 35.2 Å². The number of nitrogens with one attached hydrogen (secondary N) is 1. The maximum absolute atomic E-state index is 12.8. The number of ether oxygens (including phenoxy) is 1. The molecule has 2 saturated heterocycles. The summed E-state index contributed by atoms with van der Waals surface area (Å²) in [5.74, 6) is 0.627. The van der Waals surface area contributed by atoms with Crippen LogP contribution in [0.3, 0.4) is 0 Å². The summed E-state index contributed by atoms with van der Waals surface area (Å²) in [6, 6.07) is 16.4. The molecule has 0 aromatic heterocycles. The minimum Gasteiger partial charge on any atom is -0.497 e. The Labute approximate surface area is 188 Å². The van der Waals surface area contributed by atoms with E-state index in [1.54, 1.807) is 36.3 Å². The smallest absolute Gasteiger partial charge is 0.253 e. The molecule has 2 aromatic rings. The zero-order valence-corrected chi connectivity index (χ0v) is 18.3. The van der Waals surface area contributed by atoms with Crippen LogP contribution < -0.4 is 10.1 Å². The number of methoxy groups -OCH3 is 1. The second kappa shape index (κ2) is 9.85. The normalized spacial score (nSPS) is 19.2. The maximum Gasteiger partial charge on any atom is 0.253 e. The van der Waals surface area contributed by atoms with Gasteiger partial charge in [0.25, 0.3) is 5.91 Å². The average Bonchev–Trinajstić information content (AvgIpc) is 3.24. The molecule has 4 rings (SSSR count). The Hall–Kier alpha value is -3.35. The van der Waals surface area contributed by atoms with Gasteiger partial charge in [0.15, 0.2) is 0 Å². The van der Waals surface area contributed by atoms with Crippen molar-refractivity contribution in [3.63, 3.8) is 0 Å². The van der Waals surface area contributed by atoms with Gasteiger partial charge in [-0.2, -0.15) is 0 Å². The van der Waals surface area contributed by atoms with Crippen LogP contribution in [-0.2, 0) is 16.1 Å². The lowest BCUT2D eigenvalue weighted by molar-refractivity contribution is -0.138. The number of piperidine rings is 1. The molecule has 32 heavy (non-hydrogen) atoms. The second-order valence-electron chi connectivity index (χ2n) is 8.31. The molecule has 2 aromatic carbocycles. The molecule has 1 N–H and O–H groups in total. The first-order chi connectivity index (χ1) is 15.6. The predicted octanol–water partition coefficient (Wildman–Crippen LogP) is 2.61. The minimum atomic E-state index is -0.431. The highest BCUT2D eigenvalue weighted by molar-refractivity contribution is 5.94. The molecule has 2 aliphatic heterocycles. The molecule has 168 valence electrons. The molecule has 0 bridgehead atoms. The fraction of sp³-hybridized carbons (Fsp3) is 0.400. The number of hydrogen-bond donors (Lipinski definition) is 1. The zero-order valence-electron chi connectivity index (χ0n) is 18.3. The van der Waals surface area contributed by atoms with Crippen molar-refractivity contribution in [3.8, 4) is 5.75 Å². The Morgan fingerprint density at radius 2 is 1.69 bits per heavy atom. The summed E-state index contributed by atoms with van der Waals surface area (Å²) in [7, 11) is 1.59. The van der Waals surface area contributed by atoms with E-state index >= 15 is 0 Å². The van der Waals surface area contributed by atoms with Crippen molar-refractivity contribution in [2.45, 2.75) is 44.3 Å². The number of amides is 3. The lowest BCUT2D eigenvalue weighted by atomic mass is 10.0. The van der Waals surface area contributed by atoms with Crippen molar-refractivity contribution in [3.05, 3.63) is 65.7 Å². The van der Waals surface area contributed by atoms with Crippen LogP contribution >= 0.6 is 0 Å². The van der Waals surface area contributed by atoms with E-state index in [1.165, 1.54) is 0 Å². The Morgan fingerprint density at radius 3 is 2.34 bits per heavy atom. The fourth-order valence-electron chi connectivity index (χ4n) is 4.58. The summed E-state index contributed by atoms with van der Waals surface area (Å²) in [4.78, 5) is 41.9. The molecule has 1 unspecified atom stereocenters. The third-order valence-corrected chi connectivity index (χ3v) is 6.35. The first-order valence-electron chi connectivity index (χ1n) is 11.1. The first kappa shape index (κ1) is 21.9. The summed E-state index contributed by atoms with van der Waals surface area (Å²) in [6.45, 7) is 1.59. The van der Waals surface area contributed by atoms with Crippen molar-refractivity contribution < 1.29 is 19.1 Å². The largest absolute Gasteiger partial charge is 0.497 e. The molecule has 7 heteroatoms. The average molecular weight is 436 g/mol. The zero-order chi connectivity index (χ0) is 22.5. The van der Waals surface area contributed by atoms with Crippen molar-refractivity contribution in [2.24, 2.45) is 0 Å². The molecule has 2 fully saturated rings. The van der Waals surface area contributed by atoms with E-state index in [4.69, 9.17) is 4.74 Å². The van der Waals surface area contributed by atoms with Crippen LogP contribution in [0.2, 0.25) is 0 Å². The van der Waals surface area contributed by atoms with Gasteiger partial charge >= 0.3 is 0 Å². The number of hydrogen-bond acceptors (Lipinski definition) is 4. The highest BCUT2D eigenvalue weighted by Crippen LogP contribution is 2.28. The van der Waals surface area contributed by atoms with Crippen LogP contribution in [0.5, 0.6) is 5.75 Å². The Bertz CT molecular complexity index is 953. The van der Waals surface area contributed by atoms with Crippen LogP contribution in [0.4, 0.5) is 0 Å². The monoisotopic (exact) mass is 435 g/mol. The van der Waals surface area contributed by atoms with Gasteiger partial charge < -0.3 is 19.9 Å². The molecule has 1 atom stereocenters. The van der Waals surface area contributed by atoms with E-state index < -0.39 is 6.04 Å². The Morgan fingerprint density at radius 1 is 1.00 bits per heavy atom. The van der Waals surface area contributed by atoms with Gasteiger partial charge in [0.1, 0.15) is 11.8 Å². The highest BCUT2D eigenvalue weighted by Gasteiger charge is 2.41. The number of benzene rings is 2. The number of carbonyl (C=O) groups is 3. The molecule has 0 spiro atoms. The second-order valence-corrected chi connectivity index (χ2v) is 8.31. The van der Waals surface area contributed by atoms with Crippen LogP contribution in [0.15, 0.2) is 54.6 Å². The highest BCUT2D eigenvalue weighted by atomic mass is 16.5. The Balaban J connectivity index is 1.34. The molecule has 2 aliphatic rings. The van der Waals surface area contributed by atoms with Crippen molar-refractivity contribution in [2.75, 3.05) is 20.2 Å².